The van der Waals surface area contributed by atoms with Crippen LogP contribution in [0.5, 0.6) is 0 Å². The maximum atomic E-state index is 13.3. The van der Waals surface area contributed by atoms with Crippen LogP contribution in [0.15, 0.2) is 41.0 Å². The van der Waals surface area contributed by atoms with E-state index in [0.717, 1.165) is 5.69 Å². The van der Waals surface area contributed by atoms with Crippen LogP contribution < -0.4 is 0 Å². The standard InChI is InChI=1S/C13H11BrFNO/c1-8-2-3-10(7-16-8)13(17)9-4-5-11(14)12(15)6-9/h2-7,13,17H,1H3. The molecule has 0 saturated heterocycles. The Labute approximate surface area is 107 Å². The van der Waals surface area contributed by atoms with Gasteiger partial charge in [0.25, 0.3) is 0 Å². The number of benzene rings is 1. The van der Waals surface area contributed by atoms with Gasteiger partial charge in [-0.15, -0.1) is 0 Å². The third-order valence-corrected chi connectivity index (χ3v) is 3.15. The van der Waals surface area contributed by atoms with E-state index < -0.39 is 6.10 Å². The lowest BCUT2D eigenvalue weighted by molar-refractivity contribution is 0.219. The minimum atomic E-state index is -0.856. The van der Waals surface area contributed by atoms with Crippen LogP contribution in [-0.2, 0) is 0 Å². The lowest BCUT2D eigenvalue weighted by atomic mass is 10.0. The number of aryl methyl sites for hydroxylation is 1. The molecule has 0 radical (unpaired) electrons. The van der Waals surface area contributed by atoms with Crippen LogP contribution in [0.2, 0.25) is 0 Å². The number of aliphatic hydroxyl groups excluding tert-OH is 1. The monoisotopic (exact) mass is 295 g/mol. The highest BCUT2D eigenvalue weighted by atomic mass is 79.9. The molecule has 88 valence electrons. The van der Waals surface area contributed by atoms with Crippen molar-refractivity contribution in [2.24, 2.45) is 0 Å². The summed E-state index contributed by atoms with van der Waals surface area (Å²) in [6.07, 6.45) is 0.741. The zero-order valence-corrected chi connectivity index (χ0v) is 10.8. The molecule has 1 aromatic carbocycles. The van der Waals surface area contributed by atoms with Gasteiger partial charge in [0.1, 0.15) is 11.9 Å². The minimum absolute atomic E-state index is 0.385. The van der Waals surface area contributed by atoms with E-state index in [-0.39, 0.29) is 5.82 Å². The van der Waals surface area contributed by atoms with E-state index in [4.69, 9.17) is 0 Å². The van der Waals surface area contributed by atoms with Gasteiger partial charge in [-0.1, -0.05) is 12.1 Å². The SMILES string of the molecule is Cc1ccc(C(O)c2ccc(Br)c(F)c2)cn1. The normalized spacial score (nSPS) is 12.5. The molecule has 0 amide bonds. The fourth-order valence-corrected chi connectivity index (χ4v) is 1.76. The number of pyridine rings is 1. The summed E-state index contributed by atoms with van der Waals surface area (Å²) in [5.74, 6) is -0.387. The second-order valence-corrected chi connectivity index (χ2v) is 4.66. The number of hydrogen-bond acceptors (Lipinski definition) is 2. The molecule has 0 bridgehead atoms. The van der Waals surface area contributed by atoms with E-state index in [1.165, 1.54) is 6.07 Å². The van der Waals surface area contributed by atoms with E-state index in [1.807, 2.05) is 13.0 Å². The summed E-state index contributed by atoms with van der Waals surface area (Å²) < 4.78 is 13.7. The molecule has 1 aromatic heterocycles. The Kier molecular flexibility index (Phi) is 3.54. The molecule has 1 unspecified atom stereocenters. The molecular formula is C13H11BrFNO. The maximum Gasteiger partial charge on any atom is 0.137 e. The average Bonchev–Trinajstić information content (AvgIpc) is 2.33. The summed E-state index contributed by atoms with van der Waals surface area (Å²) in [6, 6.07) is 8.17. The van der Waals surface area contributed by atoms with Crippen molar-refractivity contribution in [3.8, 4) is 0 Å². The van der Waals surface area contributed by atoms with Gasteiger partial charge in [0.2, 0.25) is 0 Å². The Balaban J connectivity index is 2.33. The van der Waals surface area contributed by atoms with Gasteiger partial charge in [0, 0.05) is 17.5 Å². The molecule has 2 nitrogen and oxygen atoms in total. The molecule has 0 saturated carbocycles. The van der Waals surface area contributed by atoms with Crippen molar-refractivity contribution in [2.45, 2.75) is 13.0 Å². The Morgan fingerprint density at radius 2 is 1.94 bits per heavy atom. The van der Waals surface area contributed by atoms with Crippen molar-refractivity contribution in [3.63, 3.8) is 0 Å². The molecule has 0 aliphatic rings. The van der Waals surface area contributed by atoms with Gasteiger partial charge in [-0.2, -0.15) is 0 Å². The highest BCUT2D eigenvalue weighted by molar-refractivity contribution is 9.10. The van der Waals surface area contributed by atoms with Gasteiger partial charge in [-0.25, -0.2) is 4.39 Å². The van der Waals surface area contributed by atoms with Crippen molar-refractivity contribution in [1.29, 1.82) is 0 Å². The quantitative estimate of drug-likeness (QED) is 0.921. The Hall–Kier alpha value is -1.26. The molecule has 0 fully saturated rings. The Morgan fingerprint density at radius 3 is 2.53 bits per heavy atom. The van der Waals surface area contributed by atoms with Crippen molar-refractivity contribution < 1.29 is 9.50 Å². The molecule has 1 atom stereocenters. The van der Waals surface area contributed by atoms with Crippen molar-refractivity contribution >= 4 is 15.9 Å². The fraction of sp³-hybridized carbons (Fsp3) is 0.154. The largest absolute Gasteiger partial charge is 0.384 e. The van der Waals surface area contributed by atoms with Gasteiger partial charge >= 0.3 is 0 Å². The van der Waals surface area contributed by atoms with E-state index in [0.29, 0.717) is 15.6 Å². The van der Waals surface area contributed by atoms with Crippen LogP contribution in [0.1, 0.15) is 22.9 Å². The minimum Gasteiger partial charge on any atom is -0.384 e. The molecule has 4 heteroatoms. The highest BCUT2D eigenvalue weighted by Gasteiger charge is 2.12. The van der Waals surface area contributed by atoms with Crippen LogP contribution in [-0.4, -0.2) is 10.1 Å². The smallest absolute Gasteiger partial charge is 0.137 e. The van der Waals surface area contributed by atoms with Crippen LogP contribution in [0.25, 0.3) is 0 Å². The summed E-state index contributed by atoms with van der Waals surface area (Å²) in [6.45, 7) is 1.87. The van der Waals surface area contributed by atoms with Gasteiger partial charge in [0.05, 0.1) is 4.47 Å². The van der Waals surface area contributed by atoms with E-state index in [9.17, 15) is 9.50 Å². The topological polar surface area (TPSA) is 33.1 Å². The first-order chi connectivity index (χ1) is 8.08. The predicted octanol–water partition coefficient (Wildman–Crippen LogP) is 3.37. The zero-order chi connectivity index (χ0) is 12.4. The molecule has 17 heavy (non-hydrogen) atoms. The first-order valence-corrected chi connectivity index (χ1v) is 5.93. The second kappa shape index (κ2) is 4.94. The molecule has 1 heterocycles. The molecule has 0 aliphatic heterocycles. The average molecular weight is 296 g/mol. The molecule has 2 rings (SSSR count). The molecule has 0 spiro atoms. The summed E-state index contributed by atoms with van der Waals surface area (Å²) in [5.41, 5.74) is 2.04. The number of nitrogens with zero attached hydrogens (tertiary/aromatic N) is 1. The molecule has 0 aliphatic carbocycles. The number of rotatable bonds is 2. The van der Waals surface area contributed by atoms with Crippen molar-refractivity contribution in [3.05, 3.63) is 63.6 Å². The number of halogens is 2. The van der Waals surface area contributed by atoms with Gasteiger partial charge in [-0.05, 0) is 46.6 Å². The number of aliphatic hydroxyl groups is 1. The summed E-state index contributed by atoms with van der Waals surface area (Å²) >= 11 is 3.08. The third-order valence-electron chi connectivity index (χ3n) is 2.51. The van der Waals surface area contributed by atoms with E-state index >= 15 is 0 Å². The van der Waals surface area contributed by atoms with Crippen LogP contribution >= 0.6 is 15.9 Å². The predicted molar refractivity (Wildman–Crippen MR) is 67.1 cm³/mol. The van der Waals surface area contributed by atoms with Crippen molar-refractivity contribution in [2.75, 3.05) is 0 Å². The maximum absolute atomic E-state index is 13.3. The Morgan fingerprint density at radius 1 is 1.24 bits per heavy atom. The molecule has 1 N–H and O–H groups in total. The summed E-state index contributed by atoms with van der Waals surface area (Å²) in [4.78, 5) is 4.10. The first kappa shape index (κ1) is 12.2. The molecule has 2 aromatic rings. The fourth-order valence-electron chi connectivity index (χ4n) is 1.52. The van der Waals surface area contributed by atoms with E-state index in [1.54, 1.807) is 24.4 Å². The third kappa shape index (κ3) is 2.70. The zero-order valence-electron chi connectivity index (χ0n) is 9.19. The Bertz CT molecular complexity index is 527. The number of aromatic nitrogens is 1. The first-order valence-electron chi connectivity index (χ1n) is 5.13. The van der Waals surface area contributed by atoms with Crippen LogP contribution in [0, 0.1) is 12.7 Å². The van der Waals surface area contributed by atoms with Gasteiger partial charge in [0.15, 0.2) is 0 Å². The lowest BCUT2D eigenvalue weighted by Crippen LogP contribution is -2.01. The van der Waals surface area contributed by atoms with Crippen molar-refractivity contribution in [1.82, 2.24) is 4.98 Å². The van der Waals surface area contributed by atoms with E-state index in [2.05, 4.69) is 20.9 Å². The number of hydrogen-bond donors (Lipinski definition) is 1. The second-order valence-electron chi connectivity index (χ2n) is 3.81. The van der Waals surface area contributed by atoms with Gasteiger partial charge < -0.3 is 5.11 Å². The summed E-state index contributed by atoms with van der Waals surface area (Å²) in [7, 11) is 0. The van der Waals surface area contributed by atoms with Crippen LogP contribution in [0.4, 0.5) is 4.39 Å². The lowest BCUT2D eigenvalue weighted by Gasteiger charge is -2.11. The van der Waals surface area contributed by atoms with Crippen LogP contribution in [0.3, 0.4) is 0 Å². The summed E-state index contributed by atoms with van der Waals surface area (Å²) in [5, 5.41) is 10.1. The highest BCUT2D eigenvalue weighted by Crippen LogP contribution is 2.25. The molecular weight excluding hydrogens is 285 g/mol. The van der Waals surface area contributed by atoms with Gasteiger partial charge in [-0.3, -0.25) is 4.98 Å².